The minimum atomic E-state index is -1.33. The summed E-state index contributed by atoms with van der Waals surface area (Å²) in [6, 6.07) is 5.64. The molecule has 0 spiro atoms. The summed E-state index contributed by atoms with van der Waals surface area (Å²) in [6.07, 6.45) is -0.583. The molecule has 6 heteroatoms. The van der Waals surface area contributed by atoms with Gasteiger partial charge in [0.2, 0.25) is 0 Å². The number of halogens is 1. The molecule has 0 bridgehead atoms. The molecule has 1 aromatic carbocycles. The highest BCUT2D eigenvalue weighted by atomic mass is 35.5. The topological polar surface area (TPSA) is 69.7 Å². The molecule has 1 amide bonds. The molecule has 116 valence electrons. The van der Waals surface area contributed by atoms with E-state index in [1.165, 1.54) is 7.05 Å². The molecular weight excluding hydrogens is 294 g/mol. The number of nitrogens with zero attached hydrogens (tertiary/aromatic N) is 1. The van der Waals surface area contributed by atoms with Crippen molar-refractivity contribution in [2.24, 2.45) is 0 Å². The zero-order valence-corrected chi connectivity index (χ0v) is 13.3. The molecule has 1 aromatic rings. The lowest BCUT2D eigenvalue weighted by Gasteiger charge is -2.31. The lowest BCUT2D eigenvalue weighted by Crippen LogP contribution is -2.51. The van der Waals surface area contributed by atoms with Crippen molar-refractivity contribution < 1.29 is 19.4 Å². The highest BCUT2D eigenvalue weighted by Crippen LogP contribution is 2.15. The predicted octanol–water partition coefficient (Wildman–Crippen LogP) is 1.87. The van der Waals surface area contributed by atoms with Crippen LogP contribution in [0.5, 0.6) is 0 Å². The average Bonchev–Trinajstić information content (AvgIpc) is 2.34. The van der Waals surface area contributed by atoms with Crippen molar-refractivity contribution >= 4 is 23.7 Å². The maximum absolute atomic E-state index is 11.9. The number of rotatable bonds is 4. The molecule has 0 radical (unpaired) electrons. The molecule has 0 fully saturated rings. The van der Waals surface area contributed by atoms with E-state index in [1.807, 2.05) is 0 Å². The Hall–Kier alpha value is -1.75. The standard InChI is InChI=1S/C15H20ClNO4/c1-15(2,3)21-14(20)17(4)12(13(18)19)9-10-5-7-11(16)8-6-10/h5-8,12H,9H2,1-4H3,(H,18,19)/p-1/t12-/m1/s1. The molecule has 0 saturated carbocycles. The minimum absolute atomic E-state index is 0.120. The molecule has 0 aliphatic carbocycles. The average molecular weight is 313 g/mol. The summed E-state index contributed by atoms with van der Waals surface area (Å²) in [5, 5.41) is 11.9. The molecule has 0 aliphatic rings. The van der Waals surface area contributed by atoms with Crippen LogP contribution in [-0.4, -0.2) is 35.7 Å². The van der Waals surface area contributed by atoms with Gasteiger partial charge in [-0.1, -0.05) is 23.7 Å². The van der Waals surface area contributed by atoms with Crippen molar-refractivity contribution in [2.45, 2.75) is 38.8 Å². The van der Waals surface area contributed by atoms with Gasteiger partial charge in [-0.3, -0.25) is 0 Å². The number of carbonyl (C=O) groups excluding carboxylic acids is 2. The van der Waals surface area contributed by atoms with Gasteiger partial charge in [0.05, 0.1) is 12.0 Å². The van der Waals surface area contributed by atoms with E-state index in [1.54, 1.807) is 45.0 Å². The first kappa shape index (κ1) is 17.3. The zero-order chi connectivity index (χ0) is 16.2. The third-order valence-electron chi connectivity index (χ3n) is 2.76. The van der Waals surface area contributed by atoms with Crippen molar-refractivity contribution in [3.8, 4) is 0 Å². The number of carboxylic acid groups (broad SMARTS) is 1. The van der Waals surface area contributed by atoms with Crippen LogP contribution in [0, 0.1) is 0 Å². The number of hydrogen-bond acceptors (Lipinski definition) is 4. The van der Waals surface area contributed by atoms with Gasteiger partial charge in [0, 0.05) is 12.1 Å². The Balaban J connectivity index is 2.83. The van der Waals surface area contributed by atoms with Crippen LogP contribution in [0.4, 0.5) is 4.79 Å². The largest absolute Gasteiger partial charge is 0.548 e. The Morgan fingerprint density at radius 2 is 1.81 bits per heavy atom. The van der Waals surface area contributed by atoms with E-state index in [-0.39, 0.29) is 6.42 Å². The van der Waals surface area contributed by atoms with Crippen LogP contribution in [0.25, 0.3) is 0 Å². The monoisotopic (exact) mass is 312 g/mol. The maximum atomic E-state index is 11.9. The van der Waals surface area contributed by atoms with Crippen molar-refractivity contribution in [1.29, 1.82) is 0 Å². The first-order valence-corrected chi connectivity index (χ1v) is 6.89. The Bertz CT molecular complexity index is 507. The molecule has 5 nitrogen and oxygen atoms in total. The fourth-order valence-corrected chi connectivity index (χ4v) is 1.81. The van der Waals surface area contributed by atoms with Gasteiger partial charge in [-0.2, -0.15) is 0 Å². The Kier molecular flexibility index (Phi) is 5.61. The predicted molar refractivity (Wildman–Crippen MR) is 77.9 cm³/mol. The van der Waals surface area contributed by atoms with Gasteiger partial charge in [-0.15, -0.1) is 0 Å². The summed E-state index contributed by atoms with van der Waals surface area (Å²) < 4.78 is 5.16. The van der Waals surface area contributed by atoms with E-state index in [4.69, 9.17) is 16.3 Å². The van der Waals surface area contributed by atoms with Gasteiger partial charge in [0.15, 0.2) is 0 Å². The second-order valence-corrected chi connectivity index (χ2v) is 6.19. The van der Waals surface area contributed by atoms with E-state index in [0.717, 1.165) is 10.5 Å². The third kappa shape index (κ3) is 5.63. The first-order valence-electron chi connectivity index (χ1n) is 6.51. The SMILES string of the molecule is CN(C(=O)OC(C)(C)C)[C@H](Cc1ccc(Cl)cc1)C(=O)[O-]. The van der Waals surface area contributed by atoms with Gasteiger partial charge in [-0.05, 0) is 44.9 Å². The van der Waals surface area contributed by atoms with Gasteiger partial charge >= 0.3 is 6.09 Å². The van der Waals surface area contributed by atoms with Crippen LogP contribution in [0.15, 0.2) is 24.3 Å². The van der Waals surface area contributed by atoms with Crippen LogP contribution < -0.4 is 5.11 Å². The van der Waals surface area contributed by atoms with E-state index in [2.05, 4.69) is 0 Å². The Morgan fingerprint density at radius 3 is 2.24 bits per heavy atom. The minimum Gasteiger partial charge on any atom is -0.548 e. The van der Waals surface area contributed by atoms with Gasteiger partial charge in [-0.25, -0.2) is 4.79 Å². The summed E-state index contributed by atoms with van der Waals surface area (Å²) in [4.78, 5) is 24.3. The number of amides is 1. The molecule has 0 saturated heterocycles. The van der Waals surface area contributed by atoms with E-state index < -0.39 is 23.7 Å². The van der Waals surface area contributed by atoms with Crippen molar-refractivity contribution in [3.05, 3.63) is 34.9 Å². The van der Waals surface area contributed by atoms with E-state index in [0.29, 0.717) is 5.02 Å². The molecule has 0 heterocycles. The molecule has 1 rings (SSSR count). The number of ether oxygens (including phenoxy) is 1. The molecule has 0 aromatic heterocycles. The fourth-order valence-electron chi connectivity index (χ4n) is 1.68. The normalized spacial score (nSPS) is 12.6. The summed E-state index contributed by atoms with van der Waals surface area (Å²) in [6.45, 7) is 5.14. The number of likely N-dealkylation sites (N-methyl/N-ethyl adjacent to an activating group) is 1. The molecule has 1 atom stereocenters. The van der Waals surface area contributed by atoms with Crippen molar-refractivity contribution in [1.82, 2.24) is 4.90 Å². The second kappa shape index (κ2) is 6.80. The van der Waals surface area contributed by atoms with E-state index >= 15 is 0 Å². The van der Waals surface area contributed by atoms with Crippen LogP contribution in [0.3, 0.4) is 0 Å². The van der Waals surface area contributed by atoms with Crippen LogP contribution in [0.2, 0.25) is 5.02 Å². The number of carboxylic acids is 1. The van der Waals surface area contributed by atoms with Crippen LogP contribution >= 0.6 is 11.6 Å². The Labute approximate surface area is 129 Å². The maximum Gasteiger partial charge on any atom is 0.410 e. The van der Waals surface area contributed by atoms with E-state index in [9.17, 15) is 14.7 Å². The highest BCUT2D eigenvalue weighted by Gasteiger charge is 2.26. The third-order valence-corrected chi connectivity index (χ3v) is 3.02. The first-order chi connectivity index (χ1) is 9.60. The lowest BCUT2D eigenvalue weighted by molar-refractivity contribution is -0.310. The molecular formula is C15H19ClNO4-. The van der Waals surface area contributed by atoms with Crippen LogP contribution in [0.1, 0.15) is 26.3 Å². The lowest BCUT2D eigenvalue weighted by atomic mass is 10.1. The number of hydrogen-bond donors (Lipinski definition) is 0. The molecule has 0 N–H and O–H groups in total. The van der Waals surface area contributed by atoms with Gasteiger partial charge in [0.25, 0.3) is 0 Å². The van der Waals surface area contributed by atoms with Gasteiger partial charge < -0.3 is 19.5 Å². The summed E-state index contributed by atoms with van der Waals surface area (Å²) >= 11 is 5.78. The van der Waals surface area contributed by atoms with Gasteiger partial charge in [0.1, 0.15) is 5.60 Å². The summed E-state index contributed by atoms with van der Waals surface area (Å²) in [5.74, 6) is -1.33. The second-order valence-electron chi connectivity index (χ2n) is 5.76. The molecule has 0 aliphatic heterocycles. The highest BCUT2D eigenvalue weighted by molar-refractivity contribution is 6.30. The summed E-state index contributed by atoms with van der Waals surface area (Å²) in [5.41, 5.74) is 0.0475. The van der Waals surface area contributed by atoms with Crippen molar-refractivity contribution in [3.63, 3.8) is 0 Å². The van der Waals surface area contributed by atoms with Crippen molar-refractivity contribution in [2.75, 3.05) is 7.05 Å². The number of benzene rings is 1. The van der Waals surface area contributed by atoms with Crippen LogP contribution in [-0.2, 0) is 16.0 Å². The summed E-state index contributed by atoms with van der Waals surface area (Å²) in [7, 11) is 1.38. The quantitative estimate of drug-likeness (QED) is 0.851. The number of aliphatic carboxylic acids is 1. The molecule has 21 heavy (non-hydrogen) atoms. The Morgan fingerprint density at radius 1 is 1.29 bits per heavy atom. The fraction of sp³-hybridized carbons (Fsp3) is 0.467. The zero-order valence-electron chi connectivity index (χ0n) is 12.6. The smallest absolute Gasteiger partial charge is 0.410 e. The molecule has 0 unspecified atom stereocenters. The number of carbonyl (C=O) groups is 2.